The van der Waals surface area contributed by atoms with E-state index in [0.29, 0.717) is 28.9 Å². The Morgan fingerprint density at radius 3 is 2.17 bits per heavy atom. The molecule has 0 saturated heterocycles. The van der Waals surface area contributed by atoms with Crippen LogP contribution in [0.5, 0.6) is 0 Å². The molecule has 0 aliphatic heterocycles. The van der Waals surface area contributed by atoms with Crippen molar-refractivity contribution in [2.45, 2.75) is 45.1 Å². The van der Waals surface area contributed by atoms with Gasteiger partial charge in [0.2, 0.25) is 5.91 Å². The van der Waals surface area contributed by atoms with E-state index in [0.717, 1.165) is 19.3 Å². The Morgan fingerprint density at radius 1 is 1.04 bits per heavy atom. The first-order chi connectivity index (χ1) is 11.1. The molecule has 4 fully saturated rings. The van der Waals surface area contributed by atoms with Crippen LogP contribution in [0.2, 0.25) is 0 Å². The minimum atomic E-state index is -0.480. The van der Waals surface area contributed by atoms with E-state index < -0.39 is 5.91 Å². The van der Waals surface area contributed by atoms with Crippen molar-refractivity contribution in [3.63, 3.8) is 0 Å². The summed E-state index contributed by atoms with van der Waals surface area (Å²) in [4.78, 5) is 24.3. The smallest absolute Gasteiger partial charge is 0.312 e. The van der Waals surface area contributed by atoms with Crippen LogP contribution >= 0.6 is 0 Å². The Morgan fingerprint density at radius 2 is 1.61 bits per heavy atom. The second-order valence-electron chi connectivity index (χ2n) is 7.80. The van der Waals surface area contributed by atoms with Gasteiger partial charge in [0.05, 0.1) is 5.41 Å². The summed E-state index contributed by atoms with van der Waals surface area (Å²) in [6.45, 7) is 0.139. The second-order valence-corrected chi connectivity index (χ2v) is 7.80. The minimum absolute atomic E-state index is 0.0594. The summed E-state index contributed by atoms with van der Waals surface area (Å²) in [7, 11) is 0. The Labute approximate surface area is 136 Å². The van der Waals surface area contributed by atoms with E-state index in [2.05, 4.69) is 0 Å². The standard InChI is InChI=1S/C19H23NO3/c20-17(21)16-4-2-1-3-15(16)11-23-18(22)19-8-12-5-13(9-19)7-14(6-12)10-19/h1-4,12-14H,5-11H2,(H2,20,21). The van der Waals surface area contributed by atoms with Gasteiger partial charge in [-0.25, -0.2) is 0 Å². The molecule has 122 valence electrons. The lowest BCUT2D eigenvalue weighted by Gasteiger charge is -2.55. The third kappa shape index (κ3) is 2.54. The van der Waals surface area contributed by atoms with E-state index in [1.807, 2.05) is 6.07 Å². The fraction of sp³-hybridized carbons (Fsp3) is 0.579. The van der Waals surface area contributed by atoms with Gasteiger partial charge in [0, 0.05) is 11.1 Å². The molecule has 5 rings (SSSR count). The fourth-order valence-electron chi connectivity index (χ4n) is 5.54. The number of ether oxygens (including phenoxy) is 1. The topological polar surface area (TPSA) is 69.4 Å². The number of primary amides is 1. The number of amides is 1. The predicted octanol–water partition coefficient (Wildman–Crippen LogP) is 3.05. The third-order valence-corrected chi connectivity index (χ3v) is 6.11. The first-order valence-electron chi connectivity index (χ1n) is 8.61. The summed E-state index contributed by atoms with van der Waals surface area (Å²) in [5.41, 5.74) is 6.26. The maximum Gasteiger partial charge on any atom is 0.312 e. The van der Waals surface area contributed by atoms with Gasteiger partial charge < -0.3 is 10.5 Å². The number of esters is 1. The van der Waals surface area contributed by atoms with Gasteiger partial charge in [0.25, 0.3) is 0 Å². The highest BCUT2D eigenvalue weighted by Crippen LogP contribution is 2.60. The van der Waals surface area contributed by atoms with Crippen molar-refractivity contribution in [2.24, 2.45) is 28.9 Å². The molecule has 2 N–H and O–H groups in total. The highest BCUT2D eigenvalue weighted by molar-refractivity contribution is 5.94. The highest BCUT2D eigenvalue weighted by Gasteiger charge is 2.55. The lowest BCUT2D eigenvalue weighted by atomic mass is 9.49. The Balaban J connectivity index is 1.48. The zero-order valence-corrected chi connectivity index (χ0v) is 13.3. The number of nitrogens with two attached hydrogens (primary N) is 1. The van der Waals surface area contributed by atoms with Gasteiger partial charge in [-0.05, 0) is 62.3 Å². The van der Waals surface area contributed by atoms with Crippen LogP contribution in [0.4, 0.5) is 0 Å². The van der Waals surface area contributed by atoms with Gasteiger partial charge >= 0.3 is 5.97 Å². The van der Waals surface area contributed by atoms with Gasteiger partial charge in [-0.1, -0.05) is 18.2 Å². The van der Waals surface area contributed by atoms with Crippen LogP contribution in [0.3, 0.4) is 0 Å². The zero-order chi connectivity index (χ0) is 16.0. The van der Waals surface area contributed by atoms with Crippen LogP contribution in [0.25, 0.3) is 0 Å². The van der Waals surface area contributed by atoms with E-state index in [4.69, 9.17) is 10.5 Å². The largest absolute Gasteiger partial charge is 0.460 e. The molecule has 0 atom stereocenters. The van der Waals surface area contributed by atoms with Gasteiger partial charge in [-0.3, -0.25) is 9.59 Å². The molecule has 4 heteroatoms. The first-order valence-corrected chi connectivity index (χ1v) is 8.61. The van der Waals surface area contributed by atoms with E-state index in [9.17, 15) is 9.59 Å². The molecular weight excluding hydrogens is 290 g/mol. The first kappa shape index (κ1) is 14.7. The average molecular weight is 313 g/mol. The minimum Gasteiger partial charge on any atom is -0.460 e. The molecule has 1 aromatic carbocycles. The van der Waals surface area contributed by atoms with Crippen LogP contribution < -0.4 is 5.73 Å². The lowest BCUT2D eigenvalue weighted by Crippen LogP contribution is -2.50. The zero-order valence-electron chi connectivity index (χ0n) is 13.3. The van der Waals surface area contributed by atoms with Crippen molar-refractivity contribution in [1.82, 2.24) is 0 Å². The van der Waals surface area contributed by atoms with Crippen LogP contribution in [0.15, 0.2) is 24.3 Å². The van der Waals surface area contributed by atoms with Crippen molar-refractivity contribution < 1.29 is 14.3 Å². The highest BCUT2D eigenvalue weighted by atomic mass is 16.5. The molecule has 4 saturated carbocycles. The molecule has 0 radical (unpaired) electrons. The SMILES string of the molecule is NC(=O)c1ccccc1COC(=O)C12CC3CC(CC(C3)C1)C2. The number of hydrogen-bond acceptors (Lipinski definition) is 3. The van der Waals surface area contributed by atoms with Crippen molar-refractivity contribution >= 4 is 11.9 Å². The van der Waals surface area contributed by atoms with Crippen molar-refractivity contribution in [3.8, 4) is 0 Å². The van der Waals surface area contributed by atoms with Crippen molar-refractivity contribution in [2.75, 3.05) is 0 Å². The van der Waals surface area contributed by atoms with Crippen LogP contribution in [-0.4, -0.2) is 11.9 Å². The average Bonchev–Trinajstić information content (AvgIpc) is 2.51. The van der Waals surface area contributed by atoms with E-state index in [-0.39, 0.29) is 18.0 Å². The third-order valence-electron chi connectivity index (χ3n) is 6.11. The normalized spacial score (nSPS) is 34.3. The summed E-state index contributed by atoms with van der Waals surface area (Å²) in [5.74, 6) is 1.60. The molecule has 1 aromatic rings. The van der Waals surface area contributed by atoms with Gasteiger partial charge in [-0.2, -0.15) is 0 Å². The molecule has 4 aliphatic carbocycles. The number of rotatable bonds is 4. The molecule has 0 aromatic heterocycles. The Kier molecular flexibility index (Phi) is 3.43. The molecule has 1 amide bonds. The molecular formula is C19H23NO3. The van der Waals surface area contributed by atoms with Crippen LogP contribution in [0, 0.1) is 23.2 Å². The number of carbonyl (C=O) groups excluding carboxylic acids is 2. The molecule has 4 aliphatic rings. The van der Waals surface area contributed by atoms with E-state index in [1.54, 1.807) is 18.2 Å². The Hall–Kier alpha value is -1.84. The molecule has 4 nitrogen and oxygen atoms in total. The van der Waals surface area contributed by atoms with Crippen molar-refractivity contribution in [1.29, 1.82) is 0 Å². The number of carbonyl (C=O) groups is 2. The lowest BCUT2D eigenvalue weighted by molar-refractivity contribution is -0.173. The summed E-state index contributed by atoms with van der Waals surface area (Å²) in [5, 5.41) is 0. The summed E-state index contributed by atoms with van der Waals surface area (Å²) >= 11 is 0. The maximum atomic E-state index is 12.8. The second kappa shape index (κ2) is 5.36. The Bertz CT molecular complexity index is 616. The quantitative estimate of drug-likeness (QED) is 0.869. The molecule has 0 unspecified atom stereocenters. The van der Waals surface area contributed by atoms with Gasteiger partial charge in [-0.15, -0.1) is 0 Å². The van der Waals surface area contributed by atoms with E-state index in [1.165, 1.54) is 19.3 Å². The van der Waals surface area contributed by atoms with Crippen LogP contribution in [0.1, 0.15) is 54.4 Å². The summed E-state index contributed by atoms with van der Waals surface area (Å²) in [6, 6.07) is 7.08. The monoisotopic (exact) mass is 313 g/mol. The molecule has 0 spiro atoms. The molecule has 23 heavy (non-hydrogen) atoms. The molecule has 4 bridgehead atoms. The summed E-state index contributed by atoms with van der Waals surface area (Å²) < 4.78 is 5.66. The maximum absolute atomic E-state index is 12.8. The molecule has 0 heterocycles. The fourth-order valence-corrected chi connectivity index (χ4v) is 5.54. The van der Waals surface area contributed by atoms with Gasteiger partial charge in [0.1, 0.15) is 6.61 Å². The predicted molar refractivity (Wildman–Crippen MR) is 85.4 cm³/mol. The van der Waals surface area contributed by atoms with Crippen LogP contribution in [-0.2, 0) is 16.1 Å². The number of benzene rings is 1. The summed E-state index contributed by atoms with van der Waals surface area (Å²) in [6.07, 6.45) is 6.89. The van der Waals surface area contributed by atoms with Crippen molar-refractivity contribution in [3.05, 3.63) is 35.4 Å². The van der Waals surface area contributed by atoms with E-state index >= 15 is 0 Å². The van der Waals surface area contributed by atoms with Gasteiger partial charge in [0.15, 0.2) is 0 Å². The number of hydrogen-bond donors (Lipinski definition) is 1.